The number of anilines is 1. The van der Waals surface area contributed by atoms with Gasteiger partial charge in [-0.05, 0) is 19.1 Å². The summed E-state index contributed by atoms with van der Waals surface area (Å²) in [5, 5.41) is 0. The van der Waals surface area contributed by atoms with Crippen LogP contribution in [0.4, 0.5) is 32.4 Å². The van der Waals surface area contributed by atoms with Crippen molar-refractivity contribution in [2.45, 2.75) is 6.92 Å². The van der Waals surface area contributed by atoms with Crippen molar-refractivity contribution < 1.29 is 31.5 Å². The molecule has 2 aromatic carbocycles. The van der Waals surface area contributed by atoms with Crippen molar-refractivity contribution >= 4 is 17.6 Å². The Morgan fingerprint density at radius 2 is 1.27 bits per heavy atom. The fraction of sp³-hybridized carbons (Fsp3) is 0.263. The number of urea groups is 1. The number of carbonyl (C=O) groups is 2. The summed E-state index contributed by atoms with van der Waals surface area (Å²) in [5.41, 5.74) is 4.73. The van der Waals surface area contributed by atoms with E-state index in [1.165, 1.54) is 4.90 Å². The highest BCUT2D eigenvalue weighted by Crippen LogP contribution is 2.30. The number of hydrazine groups is 1. The smallest absolute Gasteiger partial charge is 0.336 e. The molecule has 0 unspecified atom stereocenters. The molecule has 30 heavy (non-hydrogen) atoms. The number of hydrogen-bond donors (Lipinski definition) is 2. The third-order valence-electron chi connectivity index (χ3n) is 4.67. The van der Waals surface area contributed by atoms with Gasteiger partial charge in [0.05, 0.1) is 0 Å². The van der Waals surface area contributed by atoms with Crippen LogP contribution >= 0.6 is 0 Å². The maximum Gasteiger partial charge on any atom is 0.336 e. The van der Waals surface area contributed by atoms with Crippen LogP contribution in [0.1, 0.15) is 15.9 Å². The number of nitrogens with zero attached hydrogens (tertiary/aromatic N) is 2. The molecule has 1 heterocycles. The number of nitrogens with one attached hydrogen (secondary N) is 2. The van der Waals surface area contributed by atoms with E-state index in [-0.39, 0.29) is 26.2 Å². The number of aryl methyl sites for hydroxylation is 1. The van der Waals surface area contributed by atoms with E-state index in [4.69, 9.17) is 0 Å². The fourth-order valence-electron chi connectivity index (χ4n) is 2.97. The van der Waals surface area contributed by atoms with E-state index >= 15 is 0 Å². The molecule has 0 atom stereocenters. The highest BCUT2D eigenvalue weighted by atomic mass is 19.2. The van der Waals surface area contributed by atoms with Gasteiger partial charge < -0.3 is 9.80 Å². The average molecular weight is 428 g/mol. The Morgan fingerprint density at radius 1 is 0.767 bits per heavy atom. The number of halogens is 5. The molecule has 2 aromatic rings. The van der Waals surface area contributed by atoms with Crippen LogP contribution in [-0.2, 0) is 0 Å². The van der Waals surface area contributed by atoms with Gasteiger partial charge in [-0.15, -0.1) is 0 Å². The summed E-state index contributed by atoms with van der Waals surface area (Å²) < 4.78 is 67.9. The van der Waals surface area contributed by atoms with E-state index in [0.29, 0.717) is 5.56 Å². The SMILES string of the molecule is Cc1ccc(C(=O)NNC(=O)N2CCN(c3c(F)c(F)c(F)c(F)c3F)CC2)cc1. The lowest BCUT2D eigenvalue weighted by molar-refractivity contribution is 0.0929. The molecule has 1 saturated heterocycles. The predicted octanol–water partition coefficient (Wildman–Crippen LogP) is 2.87. The van der Waals surface area contributed by atoms with Gasteiger partial charge in [0.2, 0.25) is 5.82 Å². The van der Waals surface area contributed by atoms with Crippen molar-refractivity contribution in [3.05, 3.63) is 64.5 Å². The Kier molecular flexibility index (Phi) is 6.09. The molecular formula is C19H17F5N4O2. The van der Waals surface area contributed by atoms with Crippen molar-refractivity contribution in [2.75, 3.05) is 31.1 Å². The van der Waals surface area contributed by atoms with Crippen LogP contribution in [0.5, 0.6) is 0 Å². The van der Waals surface area contributed by atoms with Gasteiger partial charge >= 0.3 is 6.03 Å². The van der Waals surface area contributed by atoms with Gasteiger partial charge in [0.1, 0.15) is 5.69 Å². The summed E-state index contributed by atoms with van der Waals surface area (Å²) in [6.07, 6.45) is 0. The molecule has 160 valence electrons. The van der Waals surface area contributed by atoms with E-state index in [1.54, 1.807) is 24.3 Å². The minimum atomic E-state index is -2.23. The molecule has 11 heteroatoms. The topological polar surface area (TPSA) is 64.7 Å². The lowest BCUT2D eigenvalue weighted by atomic mass is 10.1. The fourth-order valence-corrected chi connectivity index (χ4v) is 2.97. The van der Waals surface area contributed by atoms with Gasteiger partial charge in [-0.2, -0.15) is 0 Å². The standard InChI is InChI=1S/C19H17F5N4O2/c1-10-2-4-11(5-3-10)18(29)25-26-19(30)28-8-6-27(7-9-28)17-15(23)13(21)12(20)14(22)16(17)24/h2-5H,6-9H2,1H3,(H,25,29)(H,26,30). The Bertz CT molecular complexity index is 947. The van der Waals surface area contributed by atoms with Crippen LogP contribution in [-0.4, -0.2) is 43.0 Å². The summed E-state index contributed by atoms with van der Waals surface area (Å²) in [7, 11) is 0. The molecule has 3 rings (SSSR count). The van der Waals surface area contributed by atoms with E-state index in [1.807, 2.05) is 6.92 Å². The second-order valence-corrected chi connectivity index (χ2v) is 6.64. The Morgan fingerprint density at radius 3 is 1.80 bits per heavy atom. The van der Waals surface area contributed by atoms with Crippen LogP contribution in [0.25, 0.3) is 0 Å². The molecule has 0 bridgehead atoms. The monoisotopic (exact) mass is 428 g/mol. The Labute approximate surface area is 168 Å². The van der Waals surface area contributed by atoms with Crippen molar-refractivity contribution in [3.8, 4) is 0 Å². The Hall–Kier alpha value is -3.37. The zero-order chi connectivity index (χ0) is 22.0. The van der Waals surface area contributed by atoms with Crippen LogP contribution in [0, 0.1) is 36.0 Å². The lowest BCUT2D eigenvalue weighted by Crippen LogP contribution is -2.55. The minimum absolute atomic E-state index is 0.0638. The number of benzene rings is 2. The molecule has 0 saturated carbocycles. The van der Waals surface area contributed by atoms with E-state index in [9.17, 15) is 31.5 Å². The second kappa shape index (κ2) is 8.56. The van der Waals surface area contributed by atoms with Crippen molar-refractivity contribution in [1.29, 1.82) is 0 Å². The number of rotatable bonds is 2. The number of piperazine rings is 1. The van der Waals surface area contributed by atoms with Gasteiger partial charge in [0.15, 0.2) is 23.3 Å². The molecule has 1 aliphatic rings. The first-order valence-electron chi connectivity index (χ1n) is 8.89. The van der Waals surface area contributed by atoms with Gasteiger partial charge in [-0.25, -0.2) is 32.2 Å². The molecule has 0 aromatic heterocycles. The highest BCUT2D eigenvalue weighted by Gasteiger charge is 2.31. The van der Waals surface area contributed by atoms with E-state index in [2.05, 4.69) is 10.9 Å². The normalized spacial score (nSPS) is 13.9. The van der Waals surface area contributed by atoms with Gasteiger partial charge in [-0.3, -0.25) is 10.2 Å². The first-order valence-corrected chi connectivity index (χ1v) is 8.89. The first kappa shape index (κ1) is 21.3. The summed E-state index contributed by atoms with van der Waals surface area (Å²) in [5.74, 6) is -10.7. The Balaban J connectivity index is 1.59. The van der Waals surface area contributed by atoms with E-state index < -0.39 is 46.7 Å². The molecule has 2 N–H and O–H groups in total. The predicted molar refractivity (Wildman–Crippen MR) is 97.2 cm³/mol. The number of carbonyl (C=O) groups excluding carboxylic acids is 2. The highest BCUT2D eigenvalue weighted by molar-refractivity contribution is 5.95. The second-order valence-electron chi connectivity index (χ2n) is 6.64. The molecule has 0 aliphatic carbocycles. The van der Waals surface area contributed by atoms with Gasteiger partial charge in [0.25, 0.3) is 5.91 Å². The zero-order valence-electron chi connectivity index (χ0n) is 15.7. The van der Waals surface area contributed by atoms with Crippen molar-refractivity contribution in [3.63, 3.8) is 0 Å². The van der Waals surface area contributed by atoms with Gasteiger partial charge in [0, 0.05) is 31.7 Å². The van der Waals surface area contributed by atoms with Crippen LogP contribution in [0.15, 0.2) is 24.3 Å². The van der Waals surface area contributed by atoms with E-state index in [0.717, 1.165) is 10.5 Å². The number of amides is 3. The first-order chi connectivity index (χ1) is 14.2. The molecule has 1 aliphatic heterocycles. The summed E-state index contributed by atoms with van der Waals surface area (Å²) in [4.78, 5) is 26.4. The van der Waals surface area contributed by atoms with Gasteiger partial charge in [-0.1, -0.05) is 17.7 Å². The lowest BCUT2D eigenvalue weighted by Gasteiger charge is -2.36. The molecule has 3 amide bonds. The van der Waals surface area contributed by atoms with Crippen LogP contribution in [0.3, 0.4) is 0 Å². The van der Waals surface area contributed by atoms with Crippen LogP contribution < -0.4 is 15.8 Å². The minimum Gasteiger partial charge on any atom is -0.363 e. The number of hydrogen-bond acceptors (Lipinski definition) is 3. The largest absolute Gasteiger partial charge is 0.363 e. The third kappa shape index (κ3) is 4.14. The quantitative estimate of drug-likeness (QED) is 0.335. The molecule has 1 fully saturated rings. The maximum atomic E-state index is 13.9. The summed E-state index contributed by atoms with van der Waals surface area (Å²) in [6, 6.07) is 5.96. The summed E-state index contributed by atoms with van der Waals surface area (Å²) >= 11 is 0. The molecule has 0 spiro atoms. The maximum absolute atomic E-state index is 13.9. The summed E-state index contributed by atoms with van der Waals surface area (Å²) in [6.45, 7) is 1.39. The van der Waals surface area contributed by atoms with Crippen molar-refractivity contribution in [1.82, 2.24) is 15.8 Å². The molecular weight excluding hydrogens is 411 g/mol. The molecule has 0 radical (unpaired) electrons. The van der Waals surface area contributed by atoms with Crippen molar-refractivity contribution in [2.24, 2.45) is 0 Å². The molecule has 6 nitrogen and oxygen atoms in total. The average Bonchev–Trinajstić information content (AvgIpc) is 2.75. The zero-order valence-corrected chi connectivity index (χ0v) is 15.7. The third-order valence-corrected chi connectivity index (χ3v) is 4.67. The van der Waals surface area contributed by atoms with Crippen LogP contribution in [0.2, 0.25) is 0 Å².